The van der Waals surface area contributed by atoms with Gasteiger partial charge in [0, 0.05) is 17.0 Å². The first-order chi connectivity index (χ1) is 6.50. The van der Waals surface area contributed by atoms with Crippen LogP contribution in [0.4, 0.5) is 5.69 Å². The van der Waals surface area contributed by atoms with Crippen molar-refractivity contribution >= 4 is 33.4 Å². The number of nitrogens with one attached hydrogen (secondary N) is 1. The summed E-state index contributed by atoms with van der Waals surface area (Å²) in [4.78, 5) is 21.6. The fourth-order valence-corrected chi connectivity index (χ4v) is 1.44. The summed E-state index contributed by atoms with van der Waals surface area (Å²) >= 11 is 3.22. The topological polar surface area (TPSA) is 72.2 Å². The molecular weight excluding hydrogens is 248 g/mol. The van der Waals surface area contributed by atoms with E-state index in [1.54, 1.807) is 18.2 Å². The van der Waals surface area contributed by atoms with E-state index in [1.807, 2.05) is 0 Å². The quantitative estimate of drug-likeness (QED) is 0.842. The number of hydrogen-bond acceptors (Lipinski definition) is 2. The largest absolute Gasteiger partial charge is 0.366 e. The molecule has 0 bridgehead atoms. The van der Waals surface area contributed by atoms with E-state index in [9.17, 15) is 9.59 Å². The Morgan fingerprint density at radius 2 is 2.07 bits per heavy atom. The highest BCUT2D eigenvalue weighted by Crippen LogP contribution is 2.23. The number of carbonyl (C=O) groups is 2. The summed E-state index contributed by atoms with van der Waals surface area (Å²) in [7, 11) is 0. The Morgan fingerprint density at radius 1 is 1.43 bits per heavy atom. The number of hydrogen-bond donors (Lipinski definition) is 2. The van der Waals surface area contributed by atoms with Gasteiger partial charge < -0.3 is 11.1 Å². The van der Waals surface area contributed by atoms with Crippen molar-refractivity contribution in [3.8, 4) is 0 Å². The van der Waals surface area contributed by atoms with Crippen molar-refractivity contribution < 1.29 is 9.59 Å². The summed E-state index contributed by atoms with van der Waals surface area (Å²) in [5.41, 5.74) is 6.09. The second-order valence-corrected chi connectivity index (χ2v) is 3.59. The van der Waals surface area contributed by atoms with Gasteiger partial charge in [-0.15, -0.1) is 0 Å². The Labute approximate surface area is 89.6 Å². The summed E-state index contributed by atoms with van der Waals surface area (Å²) in [6.07, 6.45) is 0. The van der Waals surface area contributed by atoms with Crippen molar-refractivity contribution in [1.82, 2.24) is 0 Å². The Kier molecular flexibility index (Phi) is 3.24. The lowest BCUT2D eigenvalue weighted by Gasteiger charge is -2.05. The molecule has 0 heterocycles. The molecule has 4 nitrogen and oxygen atoms in total. The molecule has 0 aliphatic carbocycles. The predicted octanol–water partition coefficient (Wildman–Crippen LogP) is 1.51. The van der Waals surface area contributed by atoms with Gasteiger partial charge in [-0.25, -0.2) is 0 Å². The zero-order chi connectivity index (χ0) is 10.7. The van der Waals surface area contributed by atoms with Crippen LogP contribution in [0.15, 0.2) is 22.7 Å². The molecule has 0 spiro atoms. The Bertz CT molecular complexity index is 390. The van der Waals surface area contributed by atoms with Gasteiger partial charge in [0.05, 0.1) is 5.69 Å². The Balaban J connectivity index is 3.01. The molecule has 1 rings (SSSR count). The van der Waals surface area contributed by atoms with Crippen molar-refractivity contribution in [1.29, 1.82) is 0 Å². The molecule has 0 saturated carbocycles. The van der Waals surface area contributed by atoms with Crippen molar-refractivity contribution in [3.05, 3.63) is 28.2 Å². The minimum absolute atomic E-state index is 0.169. The molecule has 1 aromatic carbocycles. The van der Waals surface area contributed by atoms with E-state index in [-0.39, 0.29) is 5.91 Å². The Morgan fingerprint density at radius 3 is 2.50 bits per heavy atom. The molecule has 2 amide bonds. The zero-order valence-electron chi connectivity index (χ0n) is 7.50. The van der Waals surface area contributed by atoms with Crippen LogP contribution in [0.5, 0.6) is 0 Å². The molecule has 0 unspecified atom stereocenters. The van der Waals surface area contributed by atoms with Crippen LogP contribution in [0.25, 0.3) is 0 Å². The Hall–Kier alpha value is -1.36. The van der Waals surface area contributed by atoms with Gasteiger partial charge in [0.15, 0.2) is 0 Å². The van der Waals surface area contributed by atoms with E-state index >= 15 is 0 Å². The summed E-state index contributed by atoms with van der Waals surface area (Å²) in [5.74, 6) is -0.669. The number of anilines is 1. The first-order valence-electron chi connectivity index (χ1n) is 3.87. The highest BCUT2D eigenvalue weighted by atomic mass is 79.9. The van der Waals surface area contributed by atoms with E-state index in [4.69, 9.17) is 5.73 Å². The first-order valence-corrected chi connectivity index (χ1v) is 4.67. The monoisotopic (exact) mass is 256 g/mol. The van der Waals surface area contributed by atoms with Crippen LogP contribution >= 0.6 is 15.9 Å². The van der Waals surface area contributed by atoms with Gasteiger partial charge in [-0.05, 0) is 34.1 Å². The van der Waals surface area contributed by atoms with Crippen LogP contribution < -0.4 is 11.1 Å². The average molecular weight is 257 g/mol. The number of primary amides is 1. The summed E-state index contributed by atoms with van der Waals surface area (Å²) in [6.45, 7) is 1.41. The maximum Gasteiger partial charge on any atom is 0.248 e. The van der Waals surface area contributed by atoms with Crippen LogP contribution in [-0.4, -0.2) is 11.8 Å². The van der Waals surface area contributed by atoms with Crippen molar-refractivity contribution in [2.24, 2.45) is 5.73 Å². The van der Waals surface area contributed by atoms with Crippen molar-refractivity contribution in [2.75, 3.05) is 5.32 Å². The molecule has 74 valence electrons. The van der Waals surface area contributed by atoms with E-state index in [0.29, 0.717) is 15.7 Å². The number of nitrogens with two attached hydrogens (primary N) is 1. The van der Waals surface area contributed by atoms with E-state index in [1.165, 1.54) is 6.92 Å². The molecule has 5 heteroatoms. The van der Waals surface area contributed by atoms with Gasteiger partial charge in [0.1, 0.15) is 0 Å². The van der Waals surface area contributed by atoms with Gasteiger partial charge in [0.25, 0.3) is 0 Å². The number of carbonyl (C=O) groups excluding carboxylic acids is 2. The fourth-order valence-electron chi connectivity index (χ4n) is 0.959. The molecule has 0 saturated heterocycles. The average Bonchev–Trinajstić information content (AvgIpc) is 2.07. The van der Waals surface area contributed by atoms with Crippen molar-refractivity contribution in [3.63, 3.8) is 0 Å². The molecule has 3 N–H and O–H groups in total. The second-order valence-electron chi connectivity index (χ2n) is 2.74. The second kappa shape index (κ2) is 4.23. The smallest absolute Gasteiger partial charge is 0.248 e. The lowest BCUT2D eigenvalue weighted by molar-refractivity contribution is -0.114. The number of rotatable bonds is 2. The fraction of sp³-hybridized carbons (Fsp3) is 0.111. The van der Waals surface area contributed by atoms with E-state index < -0.39 is 5.91 Å². The van der Waals surface area contributed by atoms with Crippen LogP contribution in [0, 0.1) is 0 Å². The lowest BCUT2D eigenvalue weighted by atomic mass is 10.2. The van der Waals surface area contributed by atoms with E-state index in [0.717, 1.165) is 0 Å². The van der Waals surface area contributed by atoms with Crippen LogP contribution in [-0.2, 0) is 4.79 Å². The number of benzene rings is 1. The standard InChI is InChI=1S/C9H9BrN2O2/c1-5(13)12-8-3-2-6(9(11)14)4-7(8)10/h2-4H,1H3,(H2,11,14)(H,12,13). The lowest BCUT2D eigenvalue weighted by Crippen LogP contribution is -2.12. The third-order valence-corrected chi connectivity index (χ3v) is 2.22. The third-order valence-electron chi connectivity index (χ3n) is 1.56. The highest BCUT2D eigenvalue weighted by Gasteiger charge is 2.05. The molecule has 0 atom stereocenters. The normalized spacial score (nSPS) is 9.57. The molecular formula is C9H9BrN2O2. The van der Waals surface area contributed by atoms with Gasteiger partial charge in [-0.2, -0.15) is 0 Å². The maximum atomic E-state index is 10.8. The molecule has 0 radical (unpaired) electrons. The molecule has 0 aliphatic rings. The van der Waals surface area contributed by atoms with E-state index in [2.05, 4.69) is 21.2 Å². The summed E-state index contributed by atoms with van der Waals surface area (Å²) < 4.78 is 0.629. The SMILES string of the molecule is CC(=O)Nc1ccc(C(N)=O)cc1Br. The minimum atomic E-state index is -0.500. The minimum Gasteiger partial charge on any atom is -0.366 e. The van der Waals surface area contributed by atoms with Gasteiger partial charge >= 0.3 is 0 Å². The first kappa shape index (κ1) is 10.7. The van der Waals surface area contributed by atoms with Crippen LogP contribution in [0.1, 0.15) is 17.3 Å². The molecule has 0 fully saturated rings. The van der Waals surface area contributed by atoms with Gasteiger partial charge in [-0.3, -0.25) is 9.59 Å². The zero-order valence-corrected chi connectivity index (χ0v) is 9.09. The summed E-state index contributed by atoms with van der Waals surface area (Å²) in [5, 5.41) is 2.60. The van der Waals surface area contributed by atoms with Crippen molar-refractivity contribution in [2.45, 2.75) is 6.92 Å². The molecule has 14 heavy (non-hydrogen) atoms. The molecule has 0 aliphatic heterocycles. The maximum absolute atomic E-state index is 10.8. The predicted molar refractivity (Wildman–Crippen MR) is 57.0 cm³/mol. The number of halogens is 1. The van der Waals surface area contributed by atoms with Crippen LogP contribution in [0.2, 0.25) is 0 Å². The summed E-state index contributed by atoms with van der Waals surface area (Å²) in [6, 6.07) is 4.73. The third kappa shape index (κ3) is 2.56. The van der Waals surface area contributed by atoms with Gasteiger partial charge in [-0.1, -0.05) is 0 Å². The highest BCUT2D eigenvalue weighted by molar-refractivity contribution is 9.10. The van der Waals surface area contributed by atoms with Crippen LogP contribution in [0.3, 0.4) is 0 Å². The van der Waals surface area contributed by atoms with Gasteiger partial charge in [0.2, 0.25) is 11.8 Å². The molecule has 1 aromatic rings. The number of amides is 2. The molecule has 0 aromatic heterocycles.